The van der Waals surface area contributed by atoms with Gasteiger partial charge in [-0.2, -0.15) is 16.7 Å². The van der Waals surface area contributed by atoms with Gasteiger partial charge in [-0.15, -0.1) is 0 Å². The lowest BCUT2D eigenvalue weighted by atomic mass is 10.0. The summed E-state index contributed by atoms with van der Waals surface area (Å²) in [5.41, 5.74) is 6.05. The van der Waals surface area contributed by atoms with Gasteiger partial charge >= 0.3 is 0 Å². The zero-order chi connectivity index (χ0) is 11.8. The van der Waals surface area contributed by atoms with Gasteiger partial charge in [-0.1, -0.05) is 12.1 Å². The van der Waals surface area contributed by atoms with Crippen LogP contribution in [0.25, 0.3) is 0 Å². The van der Waals surface area contributed by atoms with E-state index >= 15 is 0 Å². The molecule has 2 N–H and O–H groups in total. The Morgan fingerprint density at radius 2 is 2.24 bits per heavy atom. The first-order chi connectivity index (χ1) is 8.24. The maximum atomic E-state index is 6.05. The maximum Gasteiger partial charge on any atom is 0.232 e. The topological polar surface area (TPSA) is 64.9 Å². The van der Waals surface area contributed by atoms with E-state index in [1.165, 1.54) is 19.3 Å². The average molecular weight is 253 g/mol. The van der Waals surface area contributed by atoms with Gasteiger partial charge in [0.1, 0.15) is 0 Å². The third-order valence-electron chi connectivity index (χ3n) is 3.96. The highest BCUT2D eigenvalue weighted by Crippen LogP contribution is 2.38. The van der Waals surface area contributed by atoms with Gasteiger partial charge in [0, 0.05) is 23.5 Å². The molecule has 2 fully saturated rings. The van der Waals surface area contributed by atoms with Gasteiger partial charge in [0.15, 0.2) is 5.82 Å². The molecule has 1 saturated heterocycles. The minimum atomic E-state index is 0.177. The summed E-state index contributed by atoms with van der Waals surface area (Å²) in [5, 5.41) is 4.16. The molecule has 0 aromatic carbocycles. The quantitative estimate of drug-likeness (QED) is 0.874. The number of hydrogen-bond acceptors (Lipinski definition) is 5. The molecule has 2 aliphatic rings. The summed E-state index contributed by atoms with van der Waals surface area (Å²) in [4.78, 5) is 4.59. The summed E-state index contributed by atoms with van der Waals surface area (Å²) in [5.74, 6) is 5.26. The van der Waals surface area contributed by atoms with Crippen molar-refractivity contribution < 1.29 is 4.52 Å². The molecular weight excluding hydrogens is 234 g/mol. The Labute approximate surface area is 106 Å². The Kier molecular flexibility index (Phi) is 3.13. The standard InChI is InChI=1S/C12H19N3OS/c1-7-2-3-8(4-7)11-14-12(16-15-11)9-5-17-6-10(9)13/h7-10H,2-6,13H2,1H3. The third kappa shape index (κ3) is 2.22. The Hall–Kier alpha value is -0.550. The highest BCUT2D eigenvalue weighted by Gasteiger charge is 2.33. The molecule has 17 heavy (non-hydrogen) atoms. The van der Waals surface area contributed by atoms with E-state index in [1.54, 1.807) is 0 Å². The van der Waals surface area contributed by atoms with Crippen molar-refractivity contribution in [3.8, 4) is 0 Å². The van der Waals surface area contributed by atoms with E-state index in [2.05, 4.69) is 17.1 Å². The van der Waals surface area contributed by atoms with Gasteiger partial charge in [-0.05, 0) is 25.2 Å². The monoisotopic (exact) mass is 253 g/mol. The van der Waals surface area contributed by atoms with Gasteiger partial charge in [0.25, 0.3) is 0 Å². The van der Waals surface area contributed by atoms with Crippen molar-refractivity contribution in [1.29, 1.82) is 0 Å². The van der Waals surface area contributed by atoms with Crippen LogP contribution in [0.2, 0.25) is 0 Å². The molecule has 0 radical (unpaired) electrons. The molecule has 4 unspecified atom stereocenters. The summed E-state index contributed by atoms with van der Waals surface area (Å²) in [7, 11) is 0. The van der Waals surface area contributed by atoms with Gasteiger partial charge < -0.3 is 10.3 Å². The van der Waals surface area contributed by atoms with Gasteiger partial charge in [0.2, 0.25) is 5.89 Å². The SMILES string of the molecule is CC1CCC(c2noc(C3CSCC3N)n2)C1. The minimum Gasteiger partial charge on any atom is -0.339 e. The average Bonchev–Trinajstić information content (AvgIpc) is 2.97. The van der Waals surface area contributed by atoms with E-state index in [9.17, 15) is 0 Å². The van der Waals surface area contributed by atoms with Crippen molar-refractivity contribution >= 4 is 11.8 Å². The van der Waals surface area contributed by atoms with E-state index in [4.69, 9.17) is 10.3 Å². The molecule has 1 saturated carbocycles. The summed E-state index contributed by atoms with van der Waals surface area (Å²) in [6, 6.07) is 0.177. The lowest BCUT2D eigenvalue weighted by Crippen LogP contribution is -2.26. The molecule has 4 nitrogen and oxygen atoms in total. The number of hydrogen-bond donors (Lipinski definition) is 1. The van der Waals surface area contributed by atoms with Crippen molar-refractivity contribution in [1.82, 2.24) is 10.1 Å². The summed E-state index contributed by atoms with van der Waals surface area (Å²) in [6.45, 7) is 2.30. The molecule has 3 rings (SSSR count). The van der Waals surface area contributed by atoms with Crippen LogP contribution in [0.1, 0.15) is 49.7 Å². The molecule has 0 bridgehead atoms. The highest BCUT2D eigenvalue weighted by atomic mass is 32.2. The van der Waals surface area contributed by atoms with Gasteiger partial charge in [0.05, 0.1) is 5.92 Å². The highest BCUT2D eigenvalue weighted by molar-refractivity contribution is 7.99. The zero-order valence-electron chi connectivity index (χ0n) is 10.1. The van der Waals surface area contributed by atoms with Crippen molar-refractivity contribution in [3.05, 3.63) is 11.7 Å². The summed E-state index contributed by atoms with van der Waals surface area (Å²) < 4.78 is 5.41. The first-order valence-corrected chi connectivity index (χ1v) is 7.56. The number of thioether (sulfide) groups is 1. The molecule has 0 spiro atoms. The van der Waals surface area contributed by atoms with Crippen LogP contribution in [-0.2, 0) is 0 Å². The van der Waals surface area contributed by atoms with E-state index < -0.39 is 0 Å². The number of nitrogens with two attached hydrogens (primary N) is 1. The normalized spacial score (nSPS) is 37.8. The van der Waals surface area contributed by atoms with Crippen LogP contribution in [0.5, 0.6) is 0 Å². The van der Waals surface area contributed by atoms with Crippen LogP contribution < -0.4 is 5.73 Å². The van der Waals surface area contributed by atoms with Crippen molar-refractivity contribution in [3.63, 3.8) is 0 Å². The first-order valence-electron chi connectivity index (χ1n) is 6.41. The first kappa shape index (κ1) is 11.5. The molecular formula is C12H19N3OS. The summed E-state index contributed by atoms with van der Waals surface area (Å²) >= 11 is 1.87. The van der Waals surface area contributed by atoms with E-state index in [0.717, 1.165) is 29.1 Å². The fourth-order valence-corrected chi connectivity index (χ4v) is 4.11. The predicted octanol–water partition coefficient (Wildman–Crippen LogP) is 2.13. The number of rotatable bonds is 2. The molecule has 1 aromatic rings. The van der Waals surface area contributed by atoms with Crippen LogP contribution in [0.3, 0.4) is 0 Å². The molecule has 0 amide bonds. The molecule has 1 aromatic heterocycles. The molecule has 94 valence electrons. The minimum absolute atomic E-state index is 0.177. The van der Waals surface area contributed by atoms with Crippen LogP contribution in [0.4, 0.5) is 0 Å². The Bertz CT molecular complexity index is 395. The van der Waals surface area contributed by atoms with Crippen molar-refractivity contribution in [2.45, 2.75) is 44.1 Å². The lowest BCUT2D eigenvalue weighted by Gasteiger charge is -2.08. The number of nitrogens with zero attached hydrogens (tertiary/aromatic N) is 2. The van der Waals surface area contributed by atoms with Crippen LogP contribution >= 0.6 is 11.8 Å². The Morgan fingerprint density at radius 1 is 1.35 bits per heavy atom. The van der Waals surface area contributed by atoms with Crippen molar-refractivity contribution in [2.24, 2.45) is 11.7 Å². The maximum absolute atomic E-state index is 6.05. The van der Waals surface area contributed by atoms with Crippen LogP contribution in [-0.4, -0.2) is 27.7 Å². The number of aromatic nitrogens is 2. The molecule has 2 heterocycles. The van der Waals surface area contributed by atoms with Crippen LogP contribution in [0, 0.1) is 5.92 Å². The fraction of sp³-hybridized carbons (Fsp3) is 0.833. The third-order valence-corrected chi connectivity index (χ3v) is 5.17. The molecule has 1 aliphatic heterocycles. The predicted molar refractivity (Wildman–Crippen MR) is 68.1 cm³/mol. The molecule has 4 atom stereocenters. The fourth-order valence-electron chi connectivity index (χ4n) is 2.83. The van der Waals surface area contributed by atoms with E-state index in [1.807, 2.05) is 11.8 Å². The largest absolute Gasteiger partial charge is 0.339 e. The molecule has 5 heteroatoms. The second-order valence-electron chi connectivity index (χ2n) is 5.41. The van der Waals surface area contributed by atoms with E-state index in [-0.39, 0.29) is 12.0 Å². The zero-order valence-corrected chi connectivity index (χ0v) is 10.9. The second kappa shape index (κ2) is 4.61. The lowest BCUT2D eigenvalue weighted by molar-refractivity contribution is 0.346. The van der Waals surface area contributed by atoms with Gasteiger partial charge in [-0.25, -0.2) is 0 Å². The Morgan fingerprint density at radius 3 is 2.88 bits per heavy atom. The van der Waals surface area contributed by atoms with Gasteiger partial charge in [-0.3, -0.25) is 0 Å². The second-order valence-corrected chi connectivity index (χ2v) is 6.49. The van der Waals surface area contributed by atoms with Crippen LogP contribution in [0.15, 0.2) is 4.52 Å². The molecule has 1 aliphatic carbocycles. The smallest absolute Gasteiger partial charge is 0.232 e. The van der Waals surface area contributed by atoms with Crippen molar-refractivity contribution in [2.75, 3.05) is 11.5 Å². The van der Waals surface area contributed by atoms with E-state index in [0.29, 0.717) is 5.92 Å². The summed E-state index contributed by atoms with van der Waals surface area (Å²) in [6.07, 6.45) is 3.68. The Balaban J connectivity index is 1.74.